The molecule has 0 unspecified atom stereocenters. The second kappa shape index (κ2) is 3.77. The first-order chi connectivity index (χ1) is 7.65. The number of nitrogens with zero attached hydrogens (tertiary/aromatic N) is 1. The van der Waals surface area contributed by atoms with E-state index in [4.69, 9.17) is 0 Å². The summed E-state index contributed by atoms with van der Waals surface area (Å²) in [6, 6.07) is 7.05. The number of hydrogen-bond donors (Lipinski definition) is 0. The van der Waals surface area contributed by atoms with E-state index in [1.807, 2.05) is 0 Å². The average Bonchev–Trinajstić information content (AvgIpc) is 2.33. The molecule has 0 N–H and O–H groups in total. The van der Waals surface area contributed by atoms with E-state index in [9.17, 15) is 14.1 Å². The van der Waals surface area contributed by atoms with Gasteiger partial charge in [-0.3, -0.25) is 4.79 Å². The predicted molar refractivity (Wildman–Crippen MR) is 56.1 cm³/mol. The van der Waals surface area contributed by atoms with Gasteiger partial charge in [-0.15, -0.1) is 0 Å². The Morgan fingerprint density at radius 1 is 1.38 bits per heavy atom. The zero-order valence-corrected chi connectivity index (χ0v) is 8.44. The molecule has 1 heterocycles. The Morgan fingerprint density at radius 3 is 2.75 bits per heavy atom. The van der Waals surface area contributed by atoms with Crippen LogP contribution in [0.4, 0.5) is 4.48 Å². The van der Waals surface area contributed by atoms with Crippen molar-refractivity contribution in [3.8, 4) is 0 Å². The smallest absolute Gasteiger partial charge is 0.357 e. The summed E-state index contributed by atoms with van der Waals surface area (Å²) in [7, 11) is 1.13. The van der Waals surface area contributed by atoms with Gasteiger partial charge in [-0.2, -0.15) is 4.79 Å². The normalized spacial score (nSPS) is 10.4. The lowest BCUT2D eigenvalue weighted by atomic mass is 10.2. The van der Waals surface area contributed by atoms with Crippen LogP contribution in [0.3, 0.4) is 0 Å². The molecule has 0 spiro atoms. The third kappa shape index (κ3) is 1.46. The lowest BCUT2D eigenvalue weighted by Gasteiger charge is -2.05. The molecule has 0 fully saturated rings. The van der Waals surface area contributed by atoms with Crippen LogP contribution >= 0.6 is 0 Å². The van der Waals surface area contributed by atoms with Gasteiger partial charge in [0, 0.05) is 11.5 Å². The van der Waals surface area contributed by atoms with Crippen LogP contribution in [0, 0.1) is 0 Å². The van der Waals surface area contributed by atoms with Crippen LogP contribution in [0.25, 0.3) is 10.9 Å². The molecule has 1 aromatic carbocycles. The highest BCUT2D eigenvalue weighted by atomic mass is 19.2. The summed E-state index contributed by atoms with van der Waals surface area (Å²) in [6.45, 7) is 0. The van der Waals surface area contributed by atoms with Gasteiger partial charge in [-0.1, -0.05) is 16.6 Å². The highest BCUT2D eigenvalue weighted by molar-refractivity contribution is 5.91. The molecule has 2 rings (SSSR count). The minimum absolute atomic E-state index is 0.0513. The van der Waals surface area contributed by atoms with Crippen LogP contribution in [0.2, 0.25) is 0 Å². The number of rotatable bonds is 1. The zero-order valence-electron chi connectivity index (χ0n) is 8.44. The summed E-state index contributed by atoms with van der Waals surface area (Å²) in [6.07, 6.45) is 0. The summed E-state index contributed by atoms with van der Waals surface area (Å²) in [4.78, 5) is 22.9. The predicted octanol–water partition coefficient (Wildman–Crippen LogP) is 1.52. The van der Waals surface area contributed by atoms with Crippen molar-refractivity contribution in [2.75, 3.05) is 7.11 Å². The van der Waals surface area contributed by atoms with Gasteiger partial charge in [0.05, 0.1) is 12.6 Å². The lowest BCUT2D eigenvalue weighted by Crippen LogP contribution is -2.15. The van der Waals surface area contributed by atoms with E-state index >= 15 is 0 Å². The highest BCUT2D eigenvalue weighted by Crippen LogP contribution is 2.13. The van der Waals surface area contributed by atoms with Crippen molar-refractivity contribution in [2.24, 2.45) is 0 Å². The Bertz CT molecular complexity index is 618. The number of benzene rings is 1. The van der Waals surface area contributed by atoms with Crippen molar-refractivity contribution in [2.45, 2.75) is 0 Å². The van der Waals surface area contributed by atoms with Crippen molar-refractivity contribution in [1.82, 2.24) is 4.79 Å². The molecule has 0 atom stereocenters. The summed E-state index contributed by atoms with van der Waals surface area (Å²) in [5.74, 6) is -0.884. The standard InChI is InChI=1S/C11H8FNO3/c1-16-11(15)9-6-10(14)7-4-2-3-5-8(7)13(9)12/h2-6H,1H3. The summed E-state index contributed by atoms with van der Waals surface area (Å²) < 4.78 is 18.1. The fourth-order valence-electron chi connectivity index (χ4n) is 1.49. The number of methoxy groups -OCH3 is 1. The van der Waals surface area contributed by atoms with Gasteiger partial charge in [0.2, 0.25) is 0 Å². The quantitative estimate of drug-likeness (QED) is 0.686. The Kier molecular flexibility index (Phi) is 2.44. The molecule has 0 aliphatic rings. The van der Waals surface area contributed by atoms with Crippen molar-refractivity contribution >= 4 is 16.9 Å². The van der Waals surface area contributed by atoms with E-state index < -0.39 is 17.1 Å². The third-order valence-corrected chi connectivity index (χ3v) is 2.25. The summed E-state index contributed by atoms with van der Waals surface area (Å²) in [5.41, 5.74) is -0.772. The molecule has 0 bridgehead atoms. The third-order valence-electron chi connectivity index (χ3n) is 2.25. The van der Waals surface area contributed by atoms with Crippen molar-refractivity contribution in [1.29, 1.82) is 0 Å². The molecule has 0 saturated heterocycles. The number of esters is 1. The minimum atomic E-state index is -0.884. The maximum Gasteiger partial charge on any atom is 0.357 e. The summed E-state index contributed by atoms with van der Waals surface area (Å²) >= 11 is 0. The first-order valence-corrected chi connectivity index (χ1v) is 4.54. The molecule has 0 aliphatic carbocycles. The van der Waals surface area contributed by atoms with Crippen LogP contribution in [0.15, 0.2) is 35.1 Å². The van der Waals surface area contributed by atoms with E-state index in [1.165, 1.54) is 12.1 Å². The number of halogens is 1. The van der Waals surface area contributed by atoms with Crippen LogP contribution in [-0.4, -0.2) is 17.9 Å². The van der Waals surface area contributed by atoms with Gasteiger partial charge in [-0.25, -0.2) is 4.79 Å². The first kappa shape index (κ1) is 10.4. The first-order valence-electron chi connectivity index (χ1n) is 4.54. The monoisotopic (exact) mass is 221 g/mol. The molecule has 16 heavy (non-hydrogen) atoms. The molecule has 2 aromatic rings. The van der Waals surface area contributed by atoms with Crippen LogP contribution in [0.5, 0.6) is 0 Å². The van der Waals surface area contributed by atoms with Crippen LogP contribution in [-0.2, 0) is 4.74 Å². The molecule has 0 saturated carbocycles. The Balaban J connectivity index is 2.86. The molecule has 5 heteroatoms. The SMILES string of the molecule is COC(=O)c1cc(=O)c2ccccc2n1F. The van der Waals surface area contributed by atoms with Gasteiger partial charge < -0.3 is 4.74 Å². The maximum absolute atomic E-state index is 13.8. The lowest BCUT2D eigenvalue weighted by molar-refractivity contribution is 0.0576. The van der Waals surface area contributed by atoms with E-state index in [-0.39, 0.29) is 15.7 Å². The van der Waals surface area contributed by atoms with Gasteiger partial charge >= 0.3 is 5.97 Å². The maximum atomic E-state index is 13.8. The Labute approximate surface area is 89.8 Å². The number of carbonyl (C=O) groups is 1. The number of carbonyl (C=O) groups excluding carboxylic acids is 1. The van der Waals surface area contributed by atoms with Gasteiger partial charge in [0.25, 0.3) is 0 Å². The topological polar surface area (TPSA) is 48.3 Å². The van der Waals surface area contributed by atoms with Gasteiger partial charge in [0.15, 0.2) is 11.1 Å². The fourth-order valence-corrected chi connectivity index (χ4v) is 1.49. The highest BCUT2D eigenvalue weighted by Gasteiger charge is 2.15. The number of aromatic nitrogens is 1. The van der Waals surface area contributed by atoms with Crippen molar-refractivity contribution < 1.29 is 14.0 Å². The fraction of sp³-hybridized carbons (Fsp3) is 0.0909. The van der Waals surface area contributed by atoms with E-state index in [0.29, 0.717) is 0 Å². The average molecular weight is 221 g/mol. The van der Waals surface area contributed by atoms with Gasteiger partial charge in [-0.05, 0) is 12.1 Å². The van der Waals surface area contributed by atoms with Crippen molar-refractivity contribution in [3.05, 3.63) is 46.2 Å². The van der Waals surface area contributed by atoms with E-state index in [2.05, 4.69) is 4.74 Å². The van der Waals surface area contributed by atoms with Crippen LogP contribution < -0.4 is 5.43 Å². The van der Waals surface area contributed by atoms with Gasteiger partial charge in [0.1, 0.15) is 0 Å². The molecule has 0 aliphatic heterocycles. The van der Waals surface area contributed by atoms with Crippen LogP contribution in [0.1, 0.15) is 10.5 Å². The molecular formula is C11H8FNO3. The molecule has 4 nitrogen and oxygen atoms in total. The molecule has 82 valence electrons. The molecular weight excluding hydrogens is 213 g/mol. The Morgan fingerprint density at radius 2 is 2.06 bits per heavy atom. The largest absolute Gasteiger partial charge is 0.464 e. The van der Waals surface area contributed by atoms with Crippen molar-refractivity contribution in [3.63, 3.8) is 0 Å². The van der Waals surface area contributed by atoms with E-state index in [0.717, 1.165) is 13.2 Å². The number of hydrogen-bond acceptors (Lipinski definition) is 3. The number of ether oxygens (including phenoxy) is 1. The van der Waals surface area contributed by atoms with E-state index in [1.54, 1.807) is 12.1 Å². The number of fused-ring (bicyclic) bond motifs is 1. The second-order valence-electron chi connectivity index (χ2n) is 3.18. The number of para-hydroxylation sites is 1. The second-order valence-corrected chi connectivity index (χ2v) is 3.18. The number of pyridine rings is 1. The Hall–Kier alpha value is -2.17. The molecule has 1 aromatic heterocycles. The molecule has 0 radical (unpaired) electrons. The zero-order chi connectivity index (χ0) is 11.7. The molecule has 0 amide bonds. The minimum Gasteiger partial charge on any atom is -0.464 e. The summed E-state index contributed by atoms with van der Waals surface area (Å²) in [5, 5.41) is 0.220.